The predicted octanol–water partition coefficient (Wildman–Crippen LogP) is 6.29. The standard InChI is InChI=1S/C17H25NO.2C2H6/c1-7-13(4)17-15(8-2)9-12(3)10-16(17)18(6)14(5)11-19;2*1-2/h9-10,13H,7-8H2,1-6H3;2*1-2H3. The Morgan fingerprint density at radius 3 is 2.09 bits per heavy atom. The summed E-state index contributed by atoms with van der Waals surface area (Å²) in [5.74, 6) is 2.49. The maximum absolute atomic E-state index is 10.9. The molecule has 1 unspecified atom stereocenters. The van der Waals surface area contributed by atoms with Gasteiger partial charge in [0.05, 0.1) is 5.70 Å². The Kier molecular flexibility index (Phi) is 13.4. The highest BCUT2D eigenvalue weighted by Gasteiger charge is 2.17. The van der Waals surface area contributed by atoms with E-state index < -0.39 is 0 Å². The summed E-state index contributed by atoms with van der Waals surface area (Å²) in [6.07, 6.45) is 2.12. The van der Waals surface area contributed by atoms with Gasteiger partial charge in [-0.25, -0.2) is 4.79 Å². The summed E-state index contributed by atoms with van der Waals surface area (Å²) in [6, 6.07) is 4.43. The third kappa shape index (κ3) is 6.62. The van der Waals surface area contributed by atoms with E-state index in [0.717, 1.165) is 18.5 Å². The molecule has 0 aliphatic rings. The van der Waals surface area contributed by atoms with E-state index >= 15 is 0 Å². The summed E-state index contributed by atoms with van der Waals surface area (Å²) in [5, 5.41) is 0. The highest BCUT2D eigenvalue weighted by molar-refractivity contribution is 5.68. The van der Waals surface area contributed by atoms with Gasteiger partial charge < -0.3 is 4.90 Å². The molecule has 1 aromatic rings. The molecule has 23 heavy (non-hydrogen) atoms. The molecule has 0 amide bonds. The fraction of sp³-hybridized carbons (Fsp3) is 0.619. The van der Waals surface area contributed by atoms with Crippen LogP contribution in [-0.2, 0) is 11.2 Å². The second kappa shape index (κ2) is 13.0. The zero-order valence-electron chi connectivity index (χ0n) is 17.0. The number of benzene rings is 1. The smallest absolute Gasteiger partial charge is 0.145 e. The first-order valence-electron chi connectivity index (χ1n) is 9.05. The second-order valence-electron chi connectivity index (χ2n) is 5.27. The first kappa shape index (κ1) is 23.7. The first-order valence-corrected chi connectivity index (χ1v) is 9.05. The van der Waals surface area contributed by atoms with Crippen molar-refractivity contribution in [1.82, 2.24) is 0 Å². The lowest BCUT2D eigenvalue weighted by molar-refractivity contribution is 0.566. The van der Waals surface area contributed by atoms with E-state index in [0.29, 0.717) is 11.6 Å². The van der Waals surface area contributed by atoms with Crippen LogP contribution in [0.1, 0.15) is 84.4 Å². The van der Waals surface area contributed by atoms with Crippen molar-refractivity contribution in [2.45, 2.75) is 81.1 Å². The molecule has 2 nitrogen and oxygen atoms in total. The highest BCUT2D eigenvalue weighted by atomic mass is 16.1. The van der Waals surface area contributed by atoms with E-state index in [9.17, 15) is 4.79 Å². The van der Waals surface area contributed by atoms with Crippen molar-refractivity contribution in [3.8, 4) is 0 Å². The van der Waals surface area contributed by atoms with Gasteiger partial charge in [0.2, 0.25) is 0 Å². The van der Waals surface area contributed by atoms with Crippen molar-refractivity contribution in [2.24, 2.45) is 0 Å². The van der Waals surface area contributed by atoms with Gasteiger partial charge in [-0.05, 0) is 55.4 Å². The van der Waals surface area contributed by atoms with Gasteiger partial charge >= 0.3 is 0 Å². The van der Waals surface area contributed by atoms with Gasteiger partial charge in [-0.1, -0.05) is 54.5 Å². The molecule has 0 radical (unpaired) electrons. The fourth-order valence-corrected chi connectivity index (χ4v) is 2.44. The van der Waals surface area contributed by atoms with Crippen LogP contribution in [0.2, 0.25) is 0 Å². The van der Waals surface area contributed by atoms with Gasteiger partial charge in [-0.3, -0.25) is 0 Å². The molecular formula is C21H37NO. The van der Waals surface area contributed by atoms with Crippen molar-refractivity contribution in [3.05, 3.63) is 34.5 Å². The van der Waals surface area contributed by atoms with Crippen molar-refractivity contribution < 1.29 is 4.79 Å². The molecule has 1 aromatic carbocycles. The lowest BCUT2D eigenvalue weighted by Gasteiger charge is -2.27. The lowest BCUT2D eigenvalue weighted by Crippen LogP contribution is -2.18. The average molecular weight is 320 g/mol. The molecule has 0 spiro atoms. The maximum atomic E-state index is 10.9. The normalized spacial score (nSPS) is 10.3. The monoisotopic (exact) mass is 319 g/mol. The Bertz CT molecular complexity index is 499. The van der Waals surface area contributed by atoms with Crippen LogP contribution in [0.15, 0.2) is 17.8 Å². The van der Waals surface area contributed by atoms with E-state index in [1.54, 1.807) is 6.92 Å². The van der Waals surface area contributed by atoms with Crippen LogP contribution in [0.3, 0.4) is 0 Å². The minimum Gasteiger partial charge on any atom is -0.339 e. The summed E-state index contributed by atoms with van der Waals surface area (Å²) in [6.45, 7) is 18.6. The molecule has 1 atom stereocenters. The second-order valence-corrected chi connectivity index (χ2v) is 5.27. The average Bonchev–Trinajstić information content (AvgIpc) is 2.62. The molecule has 0 fully saturated rings. The van der Waals surface area contributed by atoms with Gasteiger partial charge in [0.25, 0.3) is 0 Å². The third-order valence-electron chi connectivity index (χ3n) is 3.89. The summed E-state index contributed by atoms with van der Waals surface area (Å²) in [5.41, 5.74) is 5.76. The van der Waals surface area contributed by atoms with Crippen LogP contribution in [-0.4, -0.2) is 13.0 Å². The van der Waals surface area contributed by atoms with Crippen LogP contribution < -0.4 is 4.90 Å². The van der Waals surface area contributed by atoms with Gasteiger partial charge in [-0.2, -0.15) is 0 Å². The predicted molar refractivity (Wildman–Crippen MR) is 105 cm³/mol. The minimum absolute atomic E-state index is 0.493. The Morgan fingerprint density at radius 2 is 1.70 bits per heavy atom. The number of carbonyl (C=O) groups excluding carboxylic acids is 1. The summed E-state index contributed by atoms with van der Waals surface area (Å²) < 4.78 is 0. The molecule has 0 saturated carbocycles. The zero-order chi connectivity index (χ0) is 18.6. The highest BCUT2D eigenvalue weighted by Crippen LogP contribution is 2.35. The summed E-state index contributed by atoms with van der Waals surface area (Å²) in [4.78, 5) is 12.9. The van der Waals surface area contributed by atoms with Crippen LogP contribution in [0.5, 0.6) is 0 Å². The van der Waals surface area contributed by atoms with E-state index in [1.807, 2.05) is 45.6 Å². The molecule has 0 N–H and O–H groups in total. The van der Waals surface area contributed by atoms with Gasteiger partial charge in [0.15, 0.2) is 0 Å². The van der Waals surface area contributed by atoms with Crippen molar-refractivity contribution in [3.63, 3.8) is 0 Å². The van der Waals surface area contributed by atoms with E-state index in [-0.39, 0.29) is 0 Å². The van der Waals surface area contributed by atoms with Gasteiger partial charge in [-0.15, -0.1) is 0 Å². The van der Waals surface area contributed by atoms with E-state index in [1.165, 1.54) is 16.7 Å². The van der Waals surface area contributed by atoms with Crippen molar-refractivity contribution in [2.75, 3.05) is 11.9 Å². The van der Waals surface area contributed by atoms with Crippen molar-refractivity contribution in [1.29, 1.82) is 0 Å². The van der Waals surface area contributed by atoms with E-state index in [4.69, 9.17) is 0 Å². The summed E-state index contributed by atoms with van der Waals surface area (Å²) >= 11 is 0. The largest absolute Gasteiger partial charge is 0.339 e. The molecule has 0 heterocycles. The number of hydrogen-bond acceptors (Lipinski definition) is 2. The van der Waals surface area contributed by atoms with Crippen LogP contribution >= 0.6 is 0 Å². The first-order chi connectivity index (χ1) is 11.0. The van der Waals surface area contributed by atoms with Crippen LogP contribution in [0.25, 0.3) is 0 Å². The number of allylic oxidation sites excluding steroid dienone is 1. The fourth-order valence-electron chi connectivity index (χ4n) is 2.44. The Hall–Kier alpha value is -1.53. The van der Waals surface area contributed by atoms with E-state index in [2.05, 4.69) is 39.8 Å². The third-order valence-corrected chi connectivity index (χ3v) is 3.89. The number of nitrogens with zero attached hydrogens (tertiary/aromatic N) is 1. The SMILES string of the molecule is CC.CC.CCc1cc(C)cc(N(C)C(C)=C=O)c1C(C)CC. The molecular weight excluding hydrogens is 282 g/mol. The Labute approximate surface area is 144 Å². The van der Waals surface area contributed by atoms with Crippen LogP contribution in [0, 0.1) is 6.92 Å². The molecule has 0 aliphatic carbocycles. The minimum atomic E-state index is 0.493. The van der Waals surface area contributed by atoms with Gasteiger partial charge in [0.1, 0.15) is 5.94 Å². The molecule has 0 saturated heterocycles. The molecule has 132 valence electrons. The molecule has 0 bridgehead atoms. The molecule has 1 rings (SSSR count). The Morgan fingerprint density at radius 1 is 1.17 bits per heavy atom. The number of rotatable bonds is 5. The quantitative estimate of drug-likeness (QED) is 0.594. The zero-order valence-corrected chi connectivity index (χ0v) is 17.0. The number of anilines is 1. The molecule has 0 aliphatic heterocycles. The van der Waals surface area contributed by atoms with Crippen LogP contribution in [0.4, 0.5) is 5.69 Å². The lowest BCUT2D eigenvalue weighted by atomic mass is 9.89. The molecule has 2 heteroatoms. The summed E-state index contributed by atoms with van der Waals surface area (Å²) in [7, 11) is 1.94. The Balaban J connectivity index is 0. The maximum Gasteiger partial charge on any atom is 0.145 e. The topological polar surface area (TPSA) is 20.3 Å². The number of aryl methyl sites for hydroxylation is 2. The van der Waals surface area contributed by atoms with Gasteiger partial charge in [0, 0.05) is 12.7 Å². The molecule has 0 aromatic heterocycles. The van der Waals surface area contributed by atoms with Crippen molar-refractivity contribution >= 4 is 11.6 Å². The number of hydrogen-bond donors (Lipinski definition) is 0.